The molecule has 2 heterocycles. The lowest BCUT2D eigenvalue weighted by Crippen LogP contribution is -2.44. The van der Waals surface area contributed by atoms with E-state index in [2.05, 4.69) is 22.8 Å². The molecule has 0 fully saturated rings. The number of carbonyl (C=O) groups is 2. The maximum absolute atomic E-state index is 13.4. The van der Waals surface area contributed by atoms with Gasteiger partial charge in [-0.25, -0.2) is 22.6 Å². The number of aliphatic carboxylic acids is 1. The first kappa shape index (κ1) is 31.4. The van der Waals surface area contributed by atoms with E-state index in [0.29, 0.717) is 6.54 Å². The Balaban J connectivity index is 1.59. The van der Waals surface area contributed by atoms with Crippen molar-refractivity contribution in [1.82, 2.24) is 15.2 Å². The van der Waals surface area contributed by atoms with E-state index < -0.39 is 40.5 Å². The number of carboxylic acids is 1. The van der Waals surface area contributed by atoms with Gasteiger partial charge in [-0.2, -0.15) is 0 Å². The molecule has 0 radical (unpaired) electrons. The van der Waals surface area contributed by atoms with Gasteiger partial charge in [-0.3, -0.25) is 4.79 Å². The molecule has 0 spiro atoms. The number of benzene rings is 1. The summed E-state index contributed by atoms with van der Waals surface area (Å²) < 4.78 is 42.8. The first-order chi connectivity index (χ1) is 19.1. The van der Waals surface area contributed by atoms with Gasteiger partial charge in [0, 0.05) is 38.7 Å². The van der Waals surface area contributed by atoms with Crippen molar-refractivity contribution in [3.05, 3.63) is 53.2 Å². The topological polar surface area (TPSA) is 138 Å². The predicted molar refractivity (Wildman–Crippen MR) is 150 cm³/mol. The molecule has 1 amide bonds. The monoisotopic (exact) mass is 578 g/mol. The lowest BCUT2D eigenvalue weighted by Gasteiger charge is -2.27. The van der Waals surface area contributed by atoms with Gasteiger partial charge in [-0.15, -0.1) is 0 Å². The summed E-state index contributed by atoms with van der Waals surface area (Å²) in [7, 11) is -2.26. The molecule has 0 bridgehead atoms. The molecule has 40 heavy (non-hydrogen) atoms. The van der Waals surface area contributed by atoms with E-state index in [1.807, 2.05) is 4.90 Å². The SMILES string of the molecule is COC(CF)CN(CCCCc1ccc2c(n1)NCCC2)CCC(NC(=O)c1ccccc1S(C)(=O)=O)C(=O)O. The molecule has 2 aromatic rings. The van der Waals surface area contributed by atoms with Crippen molar-refractivity contribution in [3.63, 3.8) is 0 Å². The number of aryl methyl sites for hydroxylation is 2. The molecule has 0 saturated heterocycles. The molecular formula is C28H39FN4O6S. The van der Waals surface area contributed by atoms with Crippen molar-refractivity contribution >= 4 is 27.5 Å². The van der Waals surface area contributed by atoms with Gasteiger partial charge in [0.15, 0.2) is 9.84 Å². The molecule has 220 valence electrons. The summed E-state index contributed by atoms with van der Waals surface area (Å²) in [5, 5.41) is 15.5. The Hall–Kier alpha value is -3.09. The van der Waals surface area contributed by atoms with Crippen molar-refractivity contribution in [2.24, 2.45) is 0 Å². The van der Waals surface area contributed by atoms with E-state index in [0.717, 1.165) is 56.4 Å². The van der Waals surface area contributed by atoms with Gasteiger partial charge in [-0.1, -0.05) is 18.2 Å². The predicted octanol–water partition coefficient (Wildman–Crippen LogP) is 2.73. The number of aromatic nitrogens is 1. The quantitative estimate of drug-likeness (QED) is 0.257. The van der Waals surface area contributed by atoms with Crippen molar-refractivity contribution in [2.75, 3.05) is 51.5 Å². The van der Waals surface area contributed by atoms with Crippen LogP contribution < -0.4 is 10.6 Å². The number of carbonyl (C=O) groups excluding carboxylic acids is 1. The third kappa shape index (κ3) is 9.24. The zero-order valence-corrected chi connectivity index (χ0v) is 23.9. The summed E-state index contributed by atoms with van der Waals surface area (Å²) in [4.78, 5) is 31.3. The number of fused-ring (bicyclic) bond motifs is 1. The fraction of sp³-hybridized carbons (Fsp3) is 0.536. The number of carboxylic acid groups (broad SMARTS) is 1. The molecule has 1 aromatic heterocycles. The van der Waals surface area contributed by atoms with Crippen LogP contribution in [0.15, 0.2) is 41.3 Å². The number of pyridine rings is 1. The van der Waals surface area contributed by atoms with Gasteiger partial charge >= 0.3 is 5.97 Å². The Labute approximate surface area is 235 Å². The summed E-state index contributed by atoms with van der Waals surface area (Å²) in [6.07, 6.45) is 4.91. The summed E-state index contributed by atoms with van der Waals surface area (Å²) in [5.74, 6) is -1.08. The van der Waals surface area contributed by atoms with Crippen molar-refractivity contribution in [3.8, 4) is 0 Å². The lowest BCUT2D eigenvalue weighted by atomic mass is 10.1. The average molecular weight is 579 g/mol. The number of methoxy groups -OCH3 is 1. The van der Waals surface area contributed by atoms with Crippen LogP contribution in [0.4, 0.5) is 10.2 Å². The molecule has 2 atom stereocenters. The molecule has 2 unspecified atom stereocenters. The Bertz CT molecular complexity index is 1260. The van der Waals surface area contributed by atoms with Crippen LogP contribution in [0.25, 0.3) is 0 Å². The summed E-state index contributed by atoms with van der Waals surface area (Å²) in [6.45, 7) is 1.37. The largest absolute Gasteiger partial charge is 0.480 e. The number of anilines is 1. The smallest absolute Gasteiger partial charge is 0.326 e. The highest BCUT2D eigenvalue weighted by Crippen LogP contribution is 2.20. The number of sulfone groups is 1. The summed E-state index contributed by atoms with van der Waals surface area (Å²) in [5.41, 5.74) is 2.12. The molecule has 0 saturated carbocycles. The number of halogens is 1. The van der Waals surface area contributed by atoms with E-state index >= 15 is 0 Å². The van der Waals surface area contributed by atoms with Crippen molar-refractivity contribution < 1.29 is 32.2 Å². The minimum absolute atomic E-state index is 0.0445. The van der Waals surface area contributed by atoms with Crippen LogP contribution in [-0.4, -0.2) is 93.6 Å². The first-order valence-electron chi connectivity index (χ1n) is 13.5. The van der Waals surface area contributed by atoms with Crippen LogP contribution in [0.3, 0.4) is 0 Å². The minimum atomic E-state index is -3.69. The number of unbranched alkanes of at least 4 members (excludes halogenated alkanes) is 1. The number of nitrogens with one attached hydrogen (secondary N) is 2. The van der Waals surface area contributed by atoms with Crippen LogP contribution >= 0.6 is 0 Å². The van der Waals surface area contributed by atoms with E-state index in [4.69, 9.17) is 9.72 Å². The Morgan fingerprint density at radius 3 is 2.67 bits per heavy atom. The van der Waals surface area contributed by atoms with Gasteiger partial charge in [0.1, 0.15) is 18.5 Å². The normalized spacial score (nSPS) is 14.7. The standard InChI is InChI=1S/C28H39FN4O6S/c1-39-22(18-29)19-33(16-6-5-9-21-13-12-20-8-7-15-30-26(20)31-21)17-14-24(28(35)36)32-27(34)23-10-3-4-11-25(23)40(2,37)38/h3-4,10-13,22,24H,5-9,14-19H2,1-2H3,(H,30,31)(H,32,34)(H,35,36). The van der Waals surface area contributed by atoms with Gasteiger partial charge in [0.05, 0.1) is 16.6 Å². The molecule has 3 rings (SSSR count). The number of amides is 1. The third-order valence-corrected chi connectivity index (χ3v) is 8.10. The van der Waals surface area contributed by atoms with E-state index in [9.17, 15) is 27.5 Å². The molecule has 1 aliphatic rings. The van der Waals surface area contributed by atoms with Crippen LogP contribution in [0.2, 0.25) is 0 Å². The molecule has 1 aromatic carbocycles. The molecule has 3 N–H and O–H groups in total. The van der Waals surface area contributed by atoms with Gasteiger partial charge < -0.3 is 25.4 Å². The Morgan fingerprint density at radius 1 is 1.20 bits per heavy atom. The van der Waals surface area contributed by atoms with E-state index in [1.54, 1.807) is 0 Å². The lowest BCUT2D eigenvalue weighted by molar-refractivity contribution is -0.139. The fourth-order valence-corrected chi connectivity index (χ4v) is 5.59. The molecule has 0 aliphatic carbocycles. The highest BCUT2D eigenvalue weighted by Gasteiger charge is 2.25. The van der Waals surface area contributed by atoms with E-state index in [-0.39, 0.29) is 30.0 Å². The summed E-state index contributed by atoms with van der Waals surface area (Å²) in [6, 6.07) is 8.56. The van der Waals surface area contributed by atoms with Crippen LogP contribution in [0.1, 0.15) is 47.3 Å². The molecule has 1 aliphatic heterocycles. The second kappa shape index (κ2) is 15.1. The number of nitrogens with zero attached hydrogens (tertiary/aromatic N) is 2. The zero-order chi connectivity index (χ0) is 29.1. The van der Waals surface area contributed by atoms with E-state index in [1.165, 1.54) is 36.9 Å². The molecule has 12 heteroatoms. The van der Waals surface area contributed by atoms with Crippen LogP contribution in [0.5, 0.6) is 0 Å². The zero-order valence-electron chi connectivity index (χ0n) is 23.1. The molecule has 10 nitrogen and oxygen atoms in total. The maximum Gasteiger partial charge on any atom is 0.326 e. The fourth-order valence-electron chi connectivity index (χ4n) is 4.70. The highest BCUT2D eigenvalue weighted by atomic mass is 32.2. The average Bonchev–Trinajstić information content (AvgIpc) is 2.94. The summed E-state index contributed by atoms with van der Waals surface area (Å²) >= 11 is 0. The molecular weight excluding hydrogens is 539 g/mol. The van der Waals surface area contributed by atoms with Crippen molar-refractivity contribution in [2.45, 2.75) is 55.6 Å². The Morgan fingerprint density at radius 2 is 1.98 bits per heavy atom. The number of ether oxygens (including phenoxy) is 1. The number of rotatable bonds is 16. The van der Waals surface area contributed by atoms with Crippen LogP contribution in [0, 0.1) is 0 Å². The number of hydrogen-bond donors (Lipinski definition) is 3. The third-order valence-electron chi connectivity index (χ3n) is 6.94. The highest BCUT2D eigenvalue weighted by molar-refractivity contribution is 7.90. The number of hydrogen-bond acceptors (Lipinski definition) is 8. The number of alkyl halides is 1. The van der Waals surface area contributed by atoms with Gasteiger partial charge in [0.25, 0.3) is 5.91 Å². The van der Waals surface area contributed by atoms with Crippen LogP contribution in [-0.2, 0) is 32.2 Å². The van der Waals surface area contributed by atoms with Gasteiger partial charge in [0.2, 0.25) is 0 Å². The van der Waals surface area contributed by atoms with Gasteiger partial charge in [-0.05, 0) is 68.8 Å². The maximum atomic E-state index is 13.4. The van der Waals surface area contributed by atoms with Crippen molar-refractivity contribution in [1.29, 1.82) is 0 Å². The second-order valence-electron chi connectivity index (χ2n) is 10.0. The minimum Gasteiger partial charge on any atom is -0.480 e. The Kier molecular flexibility index (Phi) is 11.8. The first-order valence-corrected chi connectivity index (χ1v) is 15.4. The second-order valence-corrected chi connectivity index (χ2v) is 12.0.